The summed E-state index contributed by atoms with van der Waals surface area (Å²) in [7, 11) is 6.30. The van der Waals surface area contributed by atoms with Gasteiger partial charge in [0, 0.05) is 44.4 Å². The fraction of sp³-hybridized carbons (Fsp3) is 0.394. The summed E-state index contributed by atoms with van der Waals surface area (Å²) in [6.07, 6.45) is 0.639. The number of carbonyl (C=O) groups is 2. The summed E-state index contributed by atoms with van der Waals surface area (Å²) in [4.78, 5) is 34.0. The molecule has 0 saturated carbocycles. The van der Waals surface area contributed by atoms with E-state index in [0.717, 1.165) is 11.4 Å². The average molecular weight is 604 g/mol. The van der Waals surface area contributed by atoms with Crippen LogP contribution in [0.4, 0.5) is 11.4 Å². The second kappa shape index (κ2) is 12.4. The third-order valence-corrected chi connectivity index (χ3v) is 8.59. The van der Waals surface area contributed by atoms with E-state index in [1.807, 2.05) is 47.4 Å². The number of rotatable bonds is 8. The van der Waals surface area contributed by atoms with E-state index in [-0.39, 0.29) is 25.0 Å². The van der Waals surface area contributed by atoms with Gasteiger partial charge in [0.2, 0.25) is 24.4 Å². The Morgan fingerprint density at radius 3 is 2.16 bits per heavy atom. The maximum atomic E-state index is 14.4. The molecule has 0 radical (unpaired) electrons. The lowest BCUT2D eigenvalue weighted by Gasteiger charge is -2.44. The second-order valence-corrected chi connectivity index (χ2v) is 10.8. The molecule has 2 atom stereocenters. The van der Waals surface area contributed by atoms with Crippen LogP contribution in [0.3, 0.4) is 0 Å². The van der Waals surface area contributed by atoms with E-state index < -0.39 is 12.0 Å². The smallest absolute Gasteiger partial charge is 0.231 e. The molecule has 3 aromatic rings. The second-order valence-electron chi connectivity index (χ2n) is 10.8. The van der Waals surface area contributed by atoms with Crippen LogP contribution >= 0.6 is 0 Å². The van der Waals surface area contributed by atoms with E-state index in [0.29, 0.717) is 72.6 Å². The van der Waals surface area contributed by atoms with Gasteiger partial charge in [0.05, 0.1) is 46.1 Å². The van der Waals surface area contributed by atoms with Gasteiger partial charge in [0.25, 0.3) is 0 Å². The zero-order chi connectivity index (χ0) is 30.8. The number of benzene rings is 3. The number of amides is 2. The maximum absolute atomic E-state index is 14.4. The first-order valence-electron chi connectivity index (χ1n) is 14.7. The fourth-order valence-electron chi connectivity index (χ4n) is 6.44. The quantitative estimate of drug-likeness (QED) is 0.374. The van der Waals surface area contributed by atoms with Gasteiger partial charge >= 0.3 is 0 Å². The van der Waals surface area contributed by atoms with Crippen molar-refractivity contribution in [1.82, 2.24) is 4.90 Å². The van der Waals surface area contributed by atoms with Gasteiger partial charge in [-0.05, 0) is 48.4 Å². The molecule has 232 valence electrons. The first-order chi connectivity index (χ1) is 21.5. The number of piperazine rings is 1. The zero-order valence-electron chi connectivity index (χ0n) is 25.4. The van der Waals surface area contributed by atoms with Crippen molar-refractivity contribution >= 4 is 23.2 Å². The Kier molecular flexibility index (Phi) is 8.28. The van der Waals surface area contributed by atoms with E-state index in [2.05, 4.69) is 4.90 Å². The van der Waals surface area contributed by atoms with Crippen molar-refractivity contribution in [1.29, 1.82) is 0 Å². The van der Waals surface area contributed by atoms with E-state index in [9.17, 15) is 9.59 Å². The van der Waals surface area contributed by atoms with Crippen LogP contribution in [-0.4, -0.2) is 78.1 Å². The number of nitrogens with zero attached hydrogens (tertiary/aromatic N) is 3. The van der Waals surface area contributed by atoms with Gasteiger partial charge in [-0.3, -0.25) is 9.59 Å². The number of ether oxygens (including phenoxy) is 6. The van der Waals surface area contributed by atoms with E-state index in [1.54, 1.807) is 45.5 Å². The molecule has 6 rings (SSSR count). The average Bonchev–Trinajstić information content (AvgIpc) is 3.55. The third kappa shape index (κ3) is 5.27. The van der Waals surface area contributed by atoms with E-state index >= 15 is 0 Å². The van der Waals surface area contributed by atoms with Gasteiger partial charge in [0.1, 0.15) is 5.75 Å². The fourth-order valence-corrected chi connectivity index (χ4v) is 6.44. The third-order valence-electron chi connectivity index (χ3n) is 8.59. The molecule has 0 aliphatic carbocycles. The summed E-state index contributed by atoms with van der Waals surface area (Å²) < 4.78 is 33.6. The predicted molar refractivity (Wildman–Crippen MR) is 163 cm³/mol. The van der Waals surface area contributed by atoms with Gasteiger partial charge in [-0.25, -0.2) is 0 Å². The van der Waals surface area contributed by atoms with Crippen LogP contribution in [0, 0.1) is 5.92 Å². The van der Waals surface area contributed by atoms with Crippen LogP contribution in [-0.2, 0) is 9.59 Å². The molecule has 0 N–H and O–H groups in total. The van der Waals surface area contributed by atoms with Crippen molar-refractivity contribution in [2.24, 2.45) is 5.92 Å². The molecule has 0 spiro atoms. The summed E-state index contributed by atoms with van der Waals surface area (Å²) in [5.74, 6) is 2.70. The highest BCUT2D eigenvalue weighted by Gasteiger charge is 2.44. The molecule has 3 aliphatic heterocycles. The molecule has 3 aromatic carbocycles. The summed E-state index contributed by atoms with van der Waals surface area (Å²) in [5.41, 5.74) is 2.34. The van der Waals surface area contributed by atoms with Gasteiger partial charge in [0.15, 0.2) is 23.0 Å². The number of piperidine rings is 1. The predicted octanol–water partition coefficient (Wildman–Crippen LogP) is 4.28. The minimum Gasteiger partial charge on any atom is -0.495 e. The van der Waals surface area contributed by atoms with Crippen molar-refractivity contribution in [3.05, 3.63) is 60.2 Å². The number of methoxy groups -OCH3 is 4. The Hall–Kier alpha value is -4.80. The van der Waals surface area contributed by atoms with Crippen LogP contribution in [0.1, 0.15) is 24.4 Å². The van der Waals surface area contributed by atoms with Crippen molar-refractivity contribution in [2.45, 2.75) is 18.9 Å². The van der Waals surface area contributed by atoms with Crippen LogP contribution < -0.4 is 38.2 Å². The highest BCUT2D eigenvalue weighted by atomic mass is 16.7. The zero-order valence-corrected chi connectivity index (χ0v) is 25.4. The van der Waals surface area contributed by atoms with Gasteiger partial charge < -0.3 is 43.1 Å². The van der Waals surface area contributed by atoms with Crippen LogP contribution in [0.15, 0.2) is 54.6 Å². The van der Waals surface area contributed by atoms with Gasteiger partial charge in [-0.2, -0.15) is 0 Å². The minimum atomic E-state index is -0.634. The van der Waals surface area contributed by atoms with Crippen molar-refractivity contribution in [3.8, 4) is 34.5 Å². The maximum Gasteiger partial charge on any atom is 0.231 e. The Balaban J connectivity index is 1.36. The topological polar surface area (TPSA) is 99.2 Å². The molecule has 44 heavy (non-hydrogen) atoms. The number of hydrogen-bond donors (Lipinski definition) is 0. The molecule has 2 amide bonds. The van der Waals surface area contributed by atoms with Gasteiger partial charge in [-0.1, -0.05) is 12.1 Å². The number of carbonyl (C=O) groups excluding carboxylic acids is 2. The highest BCUT2D eigenvalue weighted by Crippen LogP contribution is 2.48. The number of para-hydroxylation sites is 2. The van der Waals surface area contributed by atoms with E-state index in [1.165, 1.54) is 0 Å². The Morgan fingerprint density at radius 1 is 0.795 bits per heavy atom. The lowest BCUT2D eigenvalue weighted by molar-refractivity contribution is -0.138. The number of hydrogen-bond acceptors (Lipinski definition) is 9. The summed E-state index contributed by atoms with van der Waals surface area (Å²) in [6, 6.07) is 16.3. The molecule has 2 saturated heterocycles. The Bertz CT molecular complexity index is 1510. The molecule has 11 heteroatoms. The van der Waals surface area contributed by atoms with Crippen LogP contribution in [0.25, 0.3) is 0 Å². The molecule has 0 bridgehead atoms. The molecule has 2 fully saturated rings. The lowest BCUT2D eigenvalue weighted by atomic mass is 9.82. The summed E-state index contributed by atoms with van der Waals surface area (Å²) >= 11 is 0. The van der Waals surface area contributed by atoms with Crippen molar-refractivity contribution in [2.75, 3.05) is 71.2 Å². The van der Waals surface area contributed by atoms with Crippen molar-refractivity contribution in [3.63, 3.8) is 0 Å². The molecule has 3 heterocycles. The molecular weight excluding hydrogens is 566 g/mol. The van der Waals surface area contributed by atoms with E-state index in [4.69, 9.17) is 28.4 Å². The lowest BCUT2D eigenvalue weighted by Crippen LogP contribution is -2.54. The summed E-state index contributed by atoms with van der Waals surface area (Å²) in [6.45, 7) is 2.54. The molecule has 0 aromatic heterocycles. The minimum absolute atomic E-state index is 0.00155. The molecular formula is C33H37N3O8. The highest BCUT2D eigenvalue weighted by molar-refractivity contribution is 5.98. The standard InChI is InChI=1S/C33H37N3O8/c1-39-25-8-6-5-7-24(25)34-13-15-35(16-14-34)33(38)23-10-12-30(37)36(22-9-11-26-27(19-22)44-20-43-26)31(23)21-17-28(40-2)32(42-4)29(18-21)41-3/h5-9,11,17-19,23,31H,10,12-16,20H2,1-4H3. The SMILES string of the molecule is COc1ccccc1N1CCN(C(=O)C2CCC(=O)N(c3ccc4c(c3)OCO4)C2c2cc(OC)c(OC)c(OC)c2)CC1. The first kappa shape index (κ1) is 29.3. The number of anilines is 2. The molecule has 11 nitrogen and oxygen atoms in total. The Labute approximate surface area is 256 Å². The Morgan fingerprint density at radius 2 is 1.48 bits per heavy atom. The largest absolute Gasteiger partial charge is 0.495 e. The van der Waals surface area contributed by atoms with Gasteiger partial charge in [-0.15, -0.1) is 0 Å². The monoisotopic (exact) mass is 603 g/mol. The van der Waals surface area contributed by atoms with Crippen molar-refractivity contribution < 1.29 is 38.0 Å². The first-order valence-corrected chi connectivity index (χ1v) is 14.7. The van der Waals surface area contributed by atoms with Crippen LogP contribution in [0.5, 0.6) is 34.5 Å². The normalized spacial score (nSPS) is 19.5. The summed E-state index contributed by atoms with van der Waals surface area (Å²) in [5, 5.41) is 0. The number of fused-ring (bicyclic) bond motifs is 1. The molecule has 3 aliphatic rings. The van der Waals surface area contributed by atoms with Crippen LogP contribution in [0.2, 0.25) is 0 Å². The molecule has 2 unspecified atom stereocenters.